The van der Waals surface area contributed by atoms with E-state index in [2.05, 4.69) is 0 Å². The second-order valence-corrected chi connectivity index (χ2v) is 3.83. The average molecular weight is 190 g/mol. The average Bonchev–Trinajstić information content (AvgIpc) is 2.93. The normalized spacial score (nSPS) is 20.5. The molecule has 3 nitrogen and oxygen atoms in total. The van der Waals surface area contributed by atoms with E-state index < -0.39 is 0 Å². The molecule has 1 spiro atoms. The van der Waals surface area contributed by atoms with Gasteiger partial charge in [0.05, 0.1) is 12.5 Å². The van der Waals surface area contributed by atoms with Crippen LogP contribution in [0.1, 0.15) is 18.4 Å². The Morgan fingerprint density at radius 1 is 1.43 bits per heavy atom. The largest absolute Gasteiger partial charge is 0.497 e. The standard InChI is InChI=1S/C11H10O3/c1-13-7-2-3-8-9(6-7)14-10(12)11(8)4-5-11/h2-3,6H,4-5H2,1H3. The van der Waals surface area contributed by atoms with Crippen LogP contribution < -0.4 is 9.47 Å². The molecule has 0 radical (unpaired) electrons. The highest BCUT2D eigenvalue weighted by atomic mass is 16.5. The van der Waals surface area contributed by atoms with E-state index in [1.54, 1.807) is 13.2 Å². The number of hydrogen-bond acceptors (Lipinski definition) is 3. The Bertz CT molecular complexity index is 419. The zero-order valence-corrected chi connectivity index (χ0v) is 7.87. The van der Waals surface area contributed by atoms with E-state index in [1.165, 1.54) is 0 Å². The Hall–Kier alpha value is -1.51. The number of esters is 1. The van der Waals surface area contributed by atoms with Crippen LogP contribution in [0.4, 0.5) is 0 Å². The molecule has 1 fully saturated rings. The maximum atomic E-state index is 11.6. The quantitative estimate of drug-likeness (QED) is 0.499. The van der Waals surface area contributed by atoms with E-state index >= 15 is 0 Å². The SMILES string of the molecule is COc1ccc2c(c1)OC(=O)C21CC1. The summed E-state index contributed by atoms with van der Waals surface area (Å²) < 4.78 is 10.3. The molecule has 1 aliphatic heterocycles. The zero-order chi connectivity index (χ0) is 9.76. The minimum Gasteiger partial charge on any atom is -0.497 e. The molecule has 1 aliphatic carbocycles. The van der Waals surface area contributed by atoms with Crippen molar-refractivity contribution in [3.63, 3.8) is 0 Å². The number of fused-ring (bicyclic) bond motifs is 2. The summed E-state index contributed by atoms with van der Waals surface area (Å²) in [4.78, 5) is 11.6. The summed E-state index contributed by atoms with van der Waals surface area (Å²) in [5.74, 6) is 1.31. The van der Waals surface area contributed by atoms with E-state index in [0.717, 1.165) is 24.2 Å². The Morgan fingerprint density at radius 2 is 2.21 bits per heavy atom. The van der Waals surface area contributed by atoms with Gasteiger partial charge in [-0.25, -0.2) is 0 Å². The van der Waals surface area contributed by atoms with Crippen LogP contribution in [-0.4, -0.2) is 13.1 Å². The fourth-order valence-corrected chi connectivity index (χ4v) is 2.02. The molecule has 14 heavy (non-hydrogen) atoms. The molecule has 2 aliphatic rings. The molecular weight excluding hydrogens is 180 g/mol. The first kappa shape index (κ1) is 7.85. The molecule has 0 atom stereocenters. The van der Waals surface area contributed by atoms with E-state index in [9.17, 15) is 4.79 Å². The number of carbonyl (C=O) groups is 1. The second-order valence-electron chi connectivity index (χ2n) is 3.83. The van der Waals surface area contributed by atoms with Gasteiger partial charge in [-0.05, 0) is 18.9 Å². The molecule has 0 aromatic heterocycles. The molecule has 0 unspecified atom stereocenters. The number of carbonyl (C=O) groups excluding carboxylic acids is 1. The van der Waals surface area contributed by atoms with Gasteiger partial charge in [-0.15, -0.1) is 0 Å². The van der Waals surface area contributed by atoms with Crippen molar-refractivity contribution < 1.29 is 14.3 Å². The molecule has 0 saturated heterocycles. The second kappa shape index (κ2) is 2.29. The fourth-order valence-electron chi connectivity index (χ4n) is 2.02. The molecule has 3 heteroatoms. The molecule has 1 heterocycles. The predicted octanol–water partition coefficient (Wildman–Crippen LogP) is 1.65. The van der Waals surface area contributed by atoms with Crippen LogP contribution >= 0.6 is 0 Å². The molecule has 1 aromatic rings. The van der Waals surface area contributed by atoms with Gasteiger partial charge < -0.3 is 9.47 Å². The molecular formula is C11H10O3. The monoisotopic (exact) mass is 190 g/mol. The lowest BCUT2D eigenvalue weighted by Crippen LogP contribution is -2.16. The highest BCUT2D eigenvalue weighted by molar-refractivity contribution is 5.93. The van der Waals surface area contributed by atoms with Gasteiger partial charge in [-0.2, -0.15) is 0 Å². The highest BCUT2D eigenvalue weighted by Crippen LogP contribution is 2.56. The summed E-state index contributed by atoms with van der Waals surface area (Å²) in [6, 6.07) is 5.59. The lowest BCUT2D eigenvalue weighted by atomic mass is 9.98. The van der Waals surface area contributed by atoms with Crippen molar-refractivity contribution >= 4 is 5.97 Å². The molecule has 1 aromatic carbocycles. The van der Waals surface area contributed by atoms with Crippen molar-refractivity contribution in [1.82, 2.24) is 0 Å². The summed E-state index contributed by atoms with van der Waals surface area (Å²) in [7, 11) is 1.60. The van der Waals surface area contributed by atoms with Crippen molar-refractivity contribution in [3.05, 3.63) is 23.8 Å². The van der Waals surface area contributed by atoms with Gasteiger partial charge in [0.15, 0.2) is 0 Å². The molecule has 0 N–H and O–H groups in total. The van der Waals surface area contributed by atoms with Gasteiger partial charge in [0.2, 0.25) is 0 Å². The summed E-state index contributed by atoms with van der Waals surface area (Å²) in [6.45, 7) is 0. The Kier molecular flexibility index (Phi) is 1.29. The lowest BCUT2D eigenvalue weighted by Gasteiger charge is -2.03. The van der Waals surface area contributed by atoms with Crippen molar-refractivity contribution in [2.24, 2.45) is 0 Å². The number of rotatable bonds is 1. The third kappa shape index (κ3) is 0.794. The smallest absolute Gasteiger partial charge is 0.322 e. The topological polar surface area (TPSA) is 35.5 Å². The minimum atomic E-state index is -0.290. The third-order valence-corrected chi connectivity index (χ3v) is 3.05. The van der Waals surface area contributed by atoms with Crippen molar-refractivity contribution in [3.8, 4) is 11.5 Å². The molecule has 1 saturated carbocycles. The summed E-state index contributed by atoms with van der Waals surface area (Å²) in [5.41, 5.74) is 0.741. The van der Waals surface area contributed by atoms with Gasteiger partial charge in [-0.3, -0.25) is 4.79 Å². The van der Waals surface area contributed by atoms with Gasteiger partial charge in [-0.1, -0.05) is 6.07 Å². The highest BCUT2D eigenvalue weighted by Gasteiger charge is 2.58. The molecule has 3 rings (SSSR count). The Labute approximate surface area is 81.6 Å². The first-order chi connectivity index (χ1) is 6.76. The van der Waals surface area contributed by atoms with Gasteiger partial charge in [0, 0.05) is 11.6 Å². The van der Waals surface area contributed by atoms with Crippen LogP contribution in [0, 0.1) is 0 Å². The predicted molar refractivity (Wildman–Crippen MR) is 49.5 cm³/mol. The lowest BCUT2D eigenvalue weighted by molar-refractivity contribution is -0.135. The van der Waals surface area contributed by atoms with E-state index in [-0.39, 0.29) is 11.4 Å². The Balaban J connectivity index is 2.14. The van der Waals surface area contributed by atoms with Crippen molar-refractivity contribution in [2.75, 3.05) is 7.11 Å². The first-order valence-electron chi connectivity index (χ1n) is 4.67. The third-order valence-electron chi connectivity index (χ3n) is 3.05. The van der Waals surface area contributed by atoms with Crippen molar-refractivity contribution in [1.29, 1.82) is 0 Å². The van der Waals surface area contributed by atoms with Crippen LogP contribution in [0.2, 0.25) is 0 Å². The van der Waals surface area contributed by atoms with Crippen LogP contribution in [0.15, 0.2) is 18.2 Å². The summed E-state index contributed by atoms with van der Waals surface area (Å²) in [6.07, 6.45) is 1.84. The molecule has 0 bridgehead atoms. The number of benzene rings is 1. The number of hydrogen-bond donors (Lipinski definition) is 0. The molecule has 0 amide bonds. The van der Waals surface area contributed by atoms with E-state index in [0.29, 0.717) is 5.75 Å². The number of methoxy groups -OCH3 is 1. The van der Waals surface area contributed by atoms with Gasteiger partial charge >= 0.3 is 5.97 Å². The van der Waals surface area contributed by atoms with Crippen LogP contribution in [0.3, 0.4) is 0 Å². The maximum Gasteiger partial charge on any atom is 0.322 e. The van der Waals surface area contributed by atoms with E-state index in [4.69, 9.17) is 9.47 Å². The van der Waals surface area contributed by atoms with Gasteiger partial charge in [0.25, 0.3) is 0 Å². The van der Waals surface area contributed by atoms with Crippen LogP contribution in [0.5, 0.6) is 11.5 Å². The van der Waals surface area contributed by atoms with Crippen LogP contribution in [0.25, 0.3) is 0 Å². The minimum absolute atomic E-state index is 0.0965. The van der Waals surface area contributed by atoms with Gasteiger partial charge in [0.1, 0.15) is 11.5 Å². The zero-order valence-electron chi connectivity index (χ0n) is 7.87. The Morgan fingerprint density at radius 3 is 2.86 bits per heavy atom. The molecule has 72 valence electrons. The summed E-state index contributed by atoms with van der Waals surface area (Å²) >= 11 is 0. The summed E-state index contributed by atoms with van der Waals surface area (Å²) in [5, 5.41) is 0. The first-order valence-corrected chi connectivity index (χ1v) is 4.67. The number of ether oxygens (including phenoxy) is 2. The van der Waals surface area contributed by atoms with Crippen molar-refractivity contribution in [2.45, 2.75) is 18.3 Å². The van der Waals surface area contributed by atoms with Crippen LogP contribution in [-0.2, 0) is 10.2 Å². The van der Waals surface area contributed by atoms with E-state index in [1.807, 2.05) is 12.1 Å². The maximum absolute atomic E-state index is 11.6. The fraction of sp³-hybridized carbons (Fsp3) is 0.364.